The minimum atomic E-state index is 0.772. The third kappa shape index (κ3) is 2.61. The second-order valence-electron chi connectivity index (χ2n) is 5.63. The number of nitrogens with zero attached hydrogens (tertiary/aromatic N) is 3. The number of thiazole rings is 1. The Labute approximate surface area is 133 Å². The lowest BCUT2D eigenvalue weighted by molar-refractivity contribution is 0.235. The van der Waals surface area contributed by atoms with Crippen LogP contribution in [0.4, 0.5) is 5.69 Å². The van der Waals surface area contributed by atoms with Crippen molar-refractivity contribution < 1.29 is 0 Å². The zero-order valence-corrected chi connectivity index (χ0v) is 13.1. The van der Waals surface area contributed by atoms with Crippen LogP contribution in [0.2, 0.25) is 0 Å². The molecule has 1 fully saturated rings. The molecule has 4 rings (SSSR count). The molecule has 0 spiro atoms. The van der Waals surface area contributed by atoms with Crippen molar-refractivity contribution in [2.75, 3.05) is 31.9 Å². The van der Waals surface area contributed by atoms with E-state index in [0.29, 0.717) is 0 Å². The van der Waals surface area contributed by atoms with Crippen LogP contribution in [0.3, 0.4) is 0 Å². The van der Waals surface area contributed by atoms with Crippen molar-refractivity contribution >= 4 is 22.0 Å². The van der Waals surface area contributed by atoms with Gasteiger partial charge in [-0.3, -0.25) is 9.30 Å². The average molecular weight is 313 g/mol. The van der Waals surface area contributed by atoms with Crippen molar-refractivity contribution in [3.8, 4) is 11.3 Å². The Morgan fingerprint density at radius 1 is 1.18 bits per heavy atom. The molecule has 2 aromatic heterocycles. The van der Waals surface area contributed by atoms with Gasteiger partial charge in [0, 0.05) is 61.2 Å². The SMILES string of the molecule is Nc1ccccc1-c1cn2cc(CN3CCNCC3)sc2n1. The van der Waals surface area contributed by atoms with Crippen molar-refractivity contribution in [3.05, 3.63) is 41.5 Å². The first-order valence-electron chi connectivity index (χ1n) is 7.55. The van der Waals surface area contributed by atoms with Gasteiger partial charge >= 0.3 is 0 Å². The number of hydrogen-bond donors (Lipinski definition) is 2. The lowest BCUT2D eigenvalue weighted by Crippen LogP contribution is -2.42. The van der Waals surface area contributed by atoms with E-state index in [2.05, 4.69) is 27.0 Å². The van der Waals surface area contributed by atoms with Gasteiger partial charge in [0.2, 0.25) is 0 Å². The summed E-state index contributed by atoms with van der Waals surface area (Å²) in [6, 6.07) is 7.87. The normalized spacial score (nSPS) is 16.4. The quantitative estimate of drug-likeness (QED) is 0.727. The summed E-state index contributed by atoms with van der Waals surface area (Å²) in [5.41, 5.74) is 8.76. The van der Waals surface area contributed by atoms with E-state index in [9.17, 15) is 0 Å². The Balaban J connectivity index is 1.58. The Bertz CT molecular complexity index is 753. The standard InChI is InChI=1S/C16H19N5S/c17-14-4-2-1-3-13(14)15-11-21-10-12(22-16(21)19-15)9-20-7-5-18-6-8-20/h1-4,10-11,18H,5-9,17H2. The summed E-state index contributed by atoms with van der Waals surface area (Å²) in [4.78, 5) is 9.60. The van der Waals surface area contributed by atoms with E-state index in [4.69, 9.17) is 10.7 Å². The maximum atomic E-state index is 6.04. The molecule has 0 saturated carbocycles. The van der Waals surface area contributed by atoms with Crippen LogP contribution >= 0.6 is 11.3 Å². The molecule has 5 nitrogen and oxygen atoms in total. The van der Waals surface area contributed by atoms with Crippen LogP contribution < -0.4 is 11.1 Å². The summed E-state index contributed by atoms with van der Waals surface area (Å²) in [7, 11) is 0. The molecule has 0 amide bonds. The van der Waals surface area contributed by atoms with E-state index < -0.39 is 0 Å². The lowest BCUT2D eigenvalue weighted by atomic mass is 10.1. The lowest BCUT2D eigenvalue weighted by Gasteiger charge is -2.26. The predicted octanol–water partition coefficient (Wildman–Crippen LogP) is 2.05. The van der Waals surface area contributed by atoms with Crippen LogP contribution in [-0.2, 0) is 6.54 Å². The zero-order valence-electron chi connectivity index (χ0n) is 12.3. The number of imidazole rings is 1. The van der Waals surface area contributed by atoms with Crippen molar-refractivity contribution in [1.29, 1.82) is 0 Å². The average Bonchev–Trinajstić information content (AvgIpc) is 3.07. The molecule has 114 valence electrons. The number of fused-ring (bicyclic) bond motifs is 1. The number of anilines is 1. The first-order valence-corrected chi connectivity index (χ1v) is 8.36. The Morgan fingerprint density at radius 2 is 2.00 bits per heavy atom. The number of aromatic nitrogens is 2. The number of benzene rings is 1. The molecule has 0 atom stereocenters. The van der Waals surface area contributed by atoms with E-state index in [-0.39, 0.29) is 0 Å². The fourth-order valence-electron chi connectivity index (χ4n) is 2.87. The number of nitrogens with two attached hydrogens (primary N) is 1. The molecule has 1 aliphatic rings. The van der Waals surface area contributed by atoms with Crippen LogP contribution in [0, 0.1) is 0 Å². The summed E-state index contributed by atoms with van der Waals surface area (Å²) in [5.74, 6) is 0. The third-order valence-electron chi connectivity index (χ3n) is 4.03. The second kappa shape index (κ2) is 5.72. The van der Waals surface area contributed by atoms with Gasteiger partial charge < -0.3 is 11.1 Å². The molecule has 1 aliphatic heterocycles. The van der Waals surface area contributed by atoms with Gasteiger partial charge in [-0.15, -0.1) is 0 Å². The minimum Gasteiger partial charge on any atom is -0.398 e. The summed E-state index contributed by atoms with van der Waals surface area (Å²) in [6.07, 6.45) is 4.26. The summed E-state index contributed by atoms with van der Waals surface area (Å²) in [6.45, 7) is 5.41. The summed E-state index contributed by atoms with van der Waals surface area (Å²) in [5, 5.41) is 3.39. The molecule has 1 aromatic carbocycles. The van der Waals surface area contributed by atoms with Gasteiger partial charge in [0.25, 0.3) is 0 Å². The molecule has 3 N–H and O–H groups in total. The van der Waals surface area contributed by atoms with Crippen LogP contribution in [0.5, 0.6) is 0 Å². The molecule has 0 aliphatic carbocycles. The molecular weight excluding hydrogens is 294 g/mol. The first-order chi connectivity index (χ1) is 10.8. The number of rotatable bonds is 3. The van der Waals surface area contributed by atoms with Crippen molar-refractivity contribution in [2.45, 2.75) is 6.54 Å². The number of nitrogens with one attached hydrogen (secondary N) is 1. The van der Waals surface area contributed by atoms with Gasteiger partial charge in [-0.1, -0.05) is 29.5 Å². The third-order valence-corrected chi connectivity index (χ3v) is 5.01. The maximum Gasteiger partial charge on any atom is 0.194 e. The molecule has 1 saturated heterocycles. The van der Waals surface area contributed by atoms with E-state index in [1.54, 1.807) is 11.3 Å². The molecule has 0 radical (unpaired) electrons. The van der Waals surface area contributed by atoms with Gasteiger partial charge in [-0.2, -0.15) is 0 Å². The molecule has 3 heterocycles. The van der Waals surface area contributed by atoms with Crippen molar-refractivity contribution in [2.24, 2.45) is 0 Å². The minimum absolute atomic E-state index is 0.772. The predicted molar refractivity (Wildman–Crippen MR) is 91.1 cm³/mol. The molecule has 3 aromatic rings. The van der Waals surface area contributed by atoms with E-state index >= 15 is 0 Å². The highest BCUT2D eigenvalue weighted by atomic mass is 32.1. The zero-order chi connectivity index (χ0) is 14.9. The van der Waals surface area contributed by atoms with Crippen LogP contribution in [0.15, 0.2) is 36.7 Å². The maximum absolute atomic E-state index is 6.04. The molecule has 0 unspecified atom stereocenters. The van der Waals surface area contributed by atoms with E-state index in [1.165, 1.54) is 4.88 Å². The van der Waals surface area contributed by atoms with E-state index in [0.717, 1.165) is 54.6 Å². The second-order valence-corrected chi connectivity index (χ2v) is 6.72. The smallest absolute Gasteiger partial charge is 0.194 e. The van der Waals surface area contributed by atoms with Gasteiger partial charge in [-0.25, -0.2) is 4.98 Å². The molecular formula is C16H19N5S. The fourth-order valence-corrected chi connectivity index (χ4v) is 3.87. The molecule has 22 heavy (non-hydrogen) atoms. The fraction of sp³-hybridized carbons (Fsp3) is 0.312. The van der Waals surface area contributed by atoms with Gasteiger partial charge in [-0.05, 0) is 6.07 Å². The van der Waals surface area contributed by atoms with Gasteiger partial charge in [0.05, 0.1) is 5.69 Å². The molecule has 0 bridgehead atoms. The van der Waals surface area contributed by atoms with Crippen LogP contribution in [-0.4, -0.2) is 40.5 Å². The highest BCUT2D eigenvalue weighted by molar-refractivity contribution is 7.17. The van der Waals surface area contributed by atoms with Crippen molar-refractivity contribution in [1.82, 2.24) is 19.6 Å². The topological polar surface area (TPSA) is 58.6 Å². The number of hydrogen-bond acceptors (Lipinski definition) is 5. The highest BCUT2D eigenvalue weighted by Crippen LogP contribution is 2.28. The first kappa shape index (κ1) is 13.8. The summed E-state index contributed by atoms with van der Waals surface area (Å²) < 4.78 is 2.12. The van der Waals surface area contributed by atoms with Gasteiger partial charge in [0.15, 0.2) is 4.96 Å². The molecule has 6 heteroatoms. The Morgan fingerprint density at radius 3 is 2.77 bits per heavy atom. The monoisotopic (exact) mass is 313 g/mol. The Kier molecular flexibility index (Phi) is 3.57. The highest BCUT2D eigenvalue weighted by Gasteiger charge is 2.14. The van der Waals surface area contributed by atoms with E-state index in [1.807, 2.05) is 24.3 Å². The Hall–Kier alpha value is -1.89. The number of nitrogen functional groups attached to an aromatic ring is 1. The number of para-hydroxylation sites is 1. The van der Waals surface area contributed by atoms with Gasteiger partial charge in [0.1, 0.15) is 0 Å². The van der Waals surface area contributed by atoms with Crippen molar-refractivity contribution in [3.63, 3.8) is 0 Å². The largest absolute Gasteiger partial charge is 0.398 e. The summed E-state index contributed by atoms with van der Waals surface area (Å²) >= 11 is 1.76. The number of piperazine rings is 1. The van der Waals surface area contributed by atoms with Crippen LogP contribution in [0.1, 0.15) is 4.88 Å². The van der Waals surface area contributed by atoms with Crippen LogP contribution in [0.25, 0.3) is 16.2 Å².